The zero-order valence-corrected chi connectivity index (χ0v) is 17.1. The van der Waals surface area contributed by atoms with Crippen LogP contribution < -0.4 is 4.74 Å². The third kappa shape index (κ3) is 4.11. The van der Waals surface area contributed by atoms with Gasteiger partial charge in [-0.05, 0) is 61.7 Å². The standard InChI is InChI=1S/C23H25NO5/c1-5-21(23(27)28-4)29-18-8-6-7-16(11-18)13-24-15(3)14(2)19-12-17(22(25)26)9-10-20(19)24/h6-12,21H,5,13H2,1-4H3,(H,25,26)/t21-/m1/s1. The summed E-state index contributed by atoms with van der Waals surface area (Å²) >= 11 is 0. The Morgan fingerprint density at radius 1 is 1.14 bits per heavy atom. The molecule has 0 amide bonds. The van der Waals surface area contributed by atoms with E-state index in [0.29, 0.717) is 18.7 Å². The molecule has 6 nitrogen and oxygen atoms in total. The third-order valence-electron chi connectivity index (χ3n) is 5.24. The van der Waals surface area contributed by atoms with E-state index in [1.165, 1.54) is 7.11 Å². The minimum atomic E-state index is -0.933. The van der Waals surface area contributed by atoms with Gasteiger partial charge in [-0.3, -0.25) is 0 Å². The molecular formula is C23H25NO5. The number of benzene rings is 2. The second kappa shape index (κ2) is 8.39. The van der Waals surface area contributed by atoms with Crippen molar-refractivity contribution in [3.8, 4) is 5.75 Å². The molecule has 1 aromatic heterocycles. The summed E-state index contributed by atoms with van der Waals surface area (Å²) in [7, 11) is 1.35. The molecule has 0 fully saturated rings. The second-order valence-corrected chi connectivity index (χ2v) is 7.02. The highest BCUT2D eigenvalue weighted by molar-refractivity contribution is 5.95. The number of carboxylic acids is 1. The quantitative estimate of drug-likeness (QED) is 0.602. The van der Waals surface area contributed by atoms with E-state index in [4.69, 9.17) is 9.47 Å². The van der Waals surface area contributed by atoms with E-state index in [-0.39, 0.29) is 5.56 Å². The Morgan fingerprint density at radius 3 is 2.55 bits per heavy atom. The molecule has 0 aliphatic carbocycles. The Morgan fingerprint density at radius 2 is 1.90 bits per heavy atom. The molecule has 1 N–H and O–H groups in total. The minimum absolute atomic E-state index is 0.279. The highest BCUT2D eigenvalue weighted by atomic mass is 16.6. The van der Waals surface area contributed by atoms with Crippen molar-refractivity contribution in [1.82, 2.24) is 4.57 Å². The van der Waals surface area contributed by atoms with E-state index in [0.717, 1.165) is 27.7 Å². The van der Waals surface area contributed by atoms with Gasteiger partial charge in [-0.1, -0.05) is 19.1 Å². The van der Waals surface area contributed by atoms with E-state index in [1.54, 1.807) is 12.1 Å². The molecule has 29 heavy (non-hydrogen) atoms. The van der Waals surface area contributed by atoms with E-state index < -0.39 is 18.0 Å². The van der Waals surface area contributed by atoms with Gasteiger partial charge < -0.3 is 19.1 Å². The van der Waals surface area contributed by atoms with Crippen LogP contribution in [0.1, 0.15) is 40.5 Å². The van der Waals surface area contributed by atoms with E-state index >= 15 is 0 Å². The fraction of sp³-hybridized carbons (Fsp3) is 0.304. The highest BCUT2D eigenvalue weighted by Gasteiger charge is 2.19. The fourth-order valence-electron chi connectivity index (χ4n) is 3.48. The van der Waals surface area contributed by atoms with Crippen LogP contribution in [0.15, 0.2) is 42.5 Å². The van der Waals surface area contributed by atoms with Gasteiger partial charge in [-0.2, -0.15) is 0 Å². The molecule has 0 bridgehead atoms. The Labute approximate surface area is 169 Å². The average Bonchev–Trinajstić information content (AvgIpc) is 2.96. The first-order chi connectivity index (χ1) is 13.8. The number of carbonyl (C=O) groups excluding carboxylic acids is 1. The van der Waals surface area contributed by atoms with Crippen molar-refractivity contribution >= 4 is 22.8 Å². The van der Waals surface area contributed by atoms with Crippen LogP contribution in [-0.2, 0) is 16.1 Å². The van der Waals surface area contributed by atoms with Gasteiger partial charge >= 0.3 is 11.9 Å². The maximum absolute atomic E-state index is 11.8. The van der Waals surface area contributed by atoms with Crippen LogP contribution >= 0.6 is 0 Å². The molecule has 0 unspecified atom stereocenters. The number of methoxy groups -OCH3 is 1. The van der Waals surface area contributed by atoms with Gasteiger partial charge in [0.25, 0.3) is 0 Å². The number of aromatic nitrogens is 1. The van der Waals surface area contributed by atoms with Crippen molar-refractivity contribution in [2.45, 2.75) is 39.8 Å². The molecule has 3 rings (SSSR count). The molecule has 6 heteroatoms. The minimum Gasteiger partial charge on any atom is -0.479 e. The topological polar surface area (TPSA) is 77.8 Å². The van der Waals surface area contributed by atoms with Crippen LogP contribution in [0.2, 0.25) is 0 Å². The van der Waals surface area contributed by atoms with Gasteiger partial charge in [0, 0.05) is 23.1 Å². The lowest BCUT2D eigenvalue weighted by molar-refractivity contribution is -0.148. The zero-order valence-electron chi connectivity index (χ0n) is 17.1. The zero-order chi connectivity index (χ0) is 21.1. The number of rotatable bonds is 7. The molecule has 0 saturated carbocycles. The second-order valence-electron chi connectivity index (χ2n) is 7.02. The van der Waals surface area contributed by atoms with Crippen molar-refractivity contribution in [2.75, 3.05) is 7.11 Å². The molecule has 0 radical (unpaired) electrons. The predicted molar refractivity (Wildman–Crippen MR) is 111 cm³/mol. The summed E-state index contributed by atoms with van der Waals surface area (Å²) in [5.74, 6) is -0.716. The van der Waals surface area contributed by atoms with Gasteiger partial charge in [0.2, 0.25) is 0 Å². The molecular weight excluding hydrogens is 370 g/mol. The molecule has 0 saturated heterocycles. The van der Waals surface area contributed by atoms with Gasteiger partial charge in [0.15, 0.2) is 6.10 Å². The molecule has 152 valence electrons. The SMILES string of the molecule is CC[C@@H](Oc1cccc(Cn2c(C)c(C)c3cc(C(=O)O)ccc32)c1)C(=O)OC. The lowest BCUT2D eigenvalue weighted by Gasteiger charge is -2.16. The summed E-state index contributed by atoms with van der Waals surface area (Å²) in [5.41, 5.74) is 4.42. The number of aromatic carboxylic acids is 1. The number of esters is 1. The number of nitrogens with zero attached hydrogens (tertiary/aromatic N) is 1. The van der Waals surface area contributed by atoms with Crippen molar-refractivity contribution in [1.29, 1.82) is 0 Å². The van der Waals surface area contributed by atoms with Crippen molar-refractivity contribution in [3.63, 3.8) is 0 Å². The lowest BCUT2D eigenvalue weighted by atomic mass is 10.1. The number of aryl methyl sites for hydroxylation is 1. The summed E-state index contributed by atoms with van der Waals surface area (Å²) in [5, 5.41) is 10.2. The van der Waals surface area contributed by atoms with Crippen LogP contribution in [0.5, 0.6) is 5.75 Å². The van der Waals surface area contributed by atoms with Crippen LogP contribution in [0.25, 0.3) is 10.9 Å². The molecule has 1 heterocycles. The fourth-order valence-corrected chi connectivity index (χ4v) is 3.48. The lowest BCUT2D eigenvalue weighted by Crippen LogP contribution is -2.27. The number of ether oxygens (including phenoxy) is 2. The maximum atomic E-state index is 11.8. The van der Waals surface area contributed by atoms with Gasteiger partial charge in [-0.25, -0.2) is 9.59 Å². The van der Waals surface area contributed by atoms with E-state index in [1.807, 2.05) is 51.1 Å². The van der Waals surface area contributed by atoms with Crippen molar-refractivity contribution in [2.24, 2.45) is 0 Å². The molecule has 2 aromatic carbocycles. The summed E-state index contributed by atoms with van der Waals surface area (Å²) in [6.07, 6.45) is -0.121. The van der Waals surface area contributed by atoms with Gasteiger partial charge in [-0.15, -0.1) is 0 Å². The maximum Gasteiger partial charge on any atom is 0.347 e. The number of hydrogen-bond donors (Lipinski definition) is 1. The molecule has 0 spiro atoms. The highest BCUT2D eigenvalue weighted by Crippen LogP contribution is 2.28. The molecule has 1 atom stereocenters. The third-order valence-corrected chi connectivity index (χ3v) is 5.24. The normalized spacial score (nSPS) is 12.0. The molecule has 0 aliphatic heterocycles. The first kappa shape index (κ1) is 20.5. The number of fused-ring (bicyclic) bond motifs is 1. The predicted octanol–water partition coefficient (Wildman–Crippen LogP) is 4.34. The smallest absolute Gasteiger partial charge is 0.347 e. The largest absolute Gasteiger partial charge is 0.479 e. The molecule has 0 aliphatic rings. The summed E-state index contributed by atoms with van der Waals surface area (Å²) < 4.78 is 12.8. The Hall–Kier alpha value is -3.28. The first-order valence-electron chi connectivity index (χ1n) is 9.51. The first-order valence-corrected chi connectivity index (χ1v) is 9.51. The number of carbonyl (C=O) groups is 2. The van der Waals surface area contributed by atoms with Crippen molar-refractivity contribution < 1.29 is 24.2 Å². The van der Waals surface area contributed by atoms with Crippen molar-refractivity contribution in [3.05, 3.63) is 64.8 Å². The van der Waals surface area contributed by atoms with Gasteiger partial charge in [0.1, 0.15) is 5.75 Å². The Bertz CT molecular complexity index is 1070. The van der Waals surface area contributed by atoms with E-state index in [9.17, 15) is 14.7 Å². The summed E-state index contributed by atoms with van der Waals surface area (Å²) in [6, 6.07) is 12.8. The van der Waals surface area contributed by atoms with Crippen LogP contribution in [0, 0.1) is 13.8 Å². The average molecular weight is 395 g/mol. The van der Waals surface area contributed by atoms with Crippen LogP contribution in [0.4, 0.5) is 0 Å². The molecule has 3 aromatic rings. The number of carboxylic acid groups (broad SMARTS) is 1. The Balaban J connectivity index is 1.92. The Kier molecular flexibility index (Phi) is 5.92. The summed E-state index contributed by atoms with van der Waals surface area (Å²) in [6.45, 7) is 6.51. The van der Waals surface area contributed by atoms with Crippen LogP contribution in [0.3, 0.4) is 0 Å². The van der Waals surface area contributed by atoms with Gasteiger partial charge in [0.05, 0.1) is 12.7 Å². The van der Waals surface area contributed by atoms with E-state index in [2.05, 4.69) is 4.57 Å². The van der Waals surface area contributed by atoms with Crippen LogP contribution in [-0.4, -0.2) is 34.8 Å². The number of hydrogen-bond acceptors (Lipinski definition) is 4. The monoisotopic (exact) mass is 395 g/mol. The summed E-state index contributed by atoms with van der Waals surface area (Å²) in [4.78, 5) is 23.1.